The van der Waals surface area contributed by atoms with Gasteiger partial charge in [-0.15, -0.1) is 0 Å². The number of unbranched alkanes of at least 4 members (excludes halogenated alkanes) is 1. The maximum absolute atomic E-state index is 13.1. The van der Waals surface area contributed by atoms with Crippen molar-refractivity contribution in [1.29, 1.82) is 0 Å². The second kappa shape index (κ2) is 7.74. The largest absolute Gasteiger partial charge is 0.456 e. The third-order valence-electron chi connectivity index (χ3n) is 4.02. The fraction of sp³-hybridized carbons (Fsp3) is 1.00. The smallest absolute Gasteiger partial charge is 0.376 e. The summed E-state index contributed by atoms with van der Waals surface area (Å²) in [6.07, 6.45) is -37.0. The number of halogens is 16. The van der Waals surface area contributed by atoms with Gasteiger partial charge >= 0.3 is 36.6 Å². The average molecular weight is 490 g/mol. The van der Waals surface area contributed by atoms with Gasteiger partial charge in [-0.1, -0.05) is 0 Å². The van der Waals surface area contributed by atoms with Crippen molar-refractivity contribution in [3.63, 3.8) is 0 Å². The third kappa shape index (κ3) is 4.67. The van der Waals surface area contributed by atoms with E-state index in [1.165, 1.54) is 0 Å². The fourth-order valence-electron chi connectivity index (χ4n) is 2.18. The zero-order valence-corrected chi connectivity index (χ0v) is 13.8. The van der Waals surface area contributed by atoms with E-state index in [1.54, 1.807) is 0 Å². The molecule has 0 saturated heterocycles. The first kappa shape index (κ1) is 28.8. The molecular weight excluding hydrogens is 480 g/mol. The van der Waals surface area contributed by atoms with Crippen LogP contribution < -0.4 is 0 Å². The summed E-state index contributed by atoms with van der Waals surface area (Å²) in [4.78, 5) is 0. The molecule has 0 aliphatic rings. The number of aliphatic hydroxyl groups is 2. The lowest BCUT2D eigenvalue weighted by Crippen LogP contribution is -2.65. The molecule has 0 aliphatic carbocycles. The minimum absolute atomic E-state index is 1.99. The summed E-state index contributed by atoms with van der Waals surface area (Å²) >= 11 is 0. The number of rotatable bonds is 7. The Morgan fingerprint density at radius 2 is 0.567 bits per heavy atom. The molecule has 18 heteroatoms. The van der Waals surface area contributed by atoms with Crippen LogP contribution in [-0.4, -0.2) is 58.0 Å². The Bertz CT molecular complexity index is 533. The van der Waals surface area contributed by atoms with E-state index in [4.69, 9.17) is 10.2 Å². The van der Waals surface area contributed by atoms with Gasteiger partial charge in [-0.3, -0.25) is 0 Å². The molecule has 0 spiro atoms. The Hall–Kier alpha value is -1.20. The summed E-state index contributed by atoms with van der Waals surface area (Å²) in [7, 11) is 0. The summed E-state index contributed by atoms with van der Waals surface area (Å²) in [6.45, 7) is 0. The van der Waals surface area contributed by atoms with Crippen molar-refractivity contribution in [2.45, 2.75) is 73.4 Å². The highest BCUT2D eigenvalue weighted by atomic mass is 19.4. The first-order chi connectivity index (χ1) is 12.7. The van der Waals surface area contributed by atoms with Crippen LogP contribution >= 0.6 is 0 Å². The maximum Gasteiger partial charge on any atom is 0.456 e. The van der Waals surface area contributed by atoms with Gasteiger partial charge in [0.2, 0.25) is 11.2 Å². The molecular formula is C12H10F16O2. The molecule has 2 atom stereocenters. The summed E-state index contributed by atoms with van der Waals surface area (Å²) in [5.74, 6) is -13.8. The molecule has 2 unspecified atom stereocenters. The molecule has 0 aliphatic heterocycles. The van der Waals surface area contributed by atoms with Crippen molar-refractivity contribution in [3.05, 3.63) is 0 Å². The van der Waals surface area contributed by atoms with E-state index in [0.717, 1.165) is 0 Å². The third-order valence-corrected chi connectivity index (χ3v) is 4.02. The van der Waals surface area contributed by atoms with E-state index < -0.39 is 73.4 Å². The van der Waals surface area contributed by atoms with Crippen molar-refractivity contribution in [1.82, 2.24) is 0 Å². The lowest BCUT2D eigenvalue weighted by molar-refractivity contribution is -0.406. The lowest BCUT2D eigenvalue weighted by atomic mass is 9.84. The number of hydrogen-bond acceptors (Lipinski definition) is 2. The highest BCUT2D eigenvalue weighted by Crippen LogP contribution is 2.54. The van der Waals surface area contributed by atoms with E-state index in [-0.39, 0.29) is 0 Å². The summed E-state index contributed by atoms with van der Waals surface area (Å²) in [5, 5.41) is 17.8. The van der Waals surface area contributed by atoms with Gasteiger partial charge in [-0.25, -0.2) is 0 Å². The molecule has 2 N–H and O–H groups in total. The van der Waals surface area contributed by atoms with E-state index >= 15 is 0 Å². The van der Waals surface area contributed by atoms with Crippen LogP contribution in [0.5, 0.6) is 0 Å². The van der Waals surface area contributed by atoms with Crippen LogP contribution in [0.1, 0.15) is 25.7 Å². The molecule has 30 heavy (non-hydrogen) atoms. The van der Waals surface area contributed by atoms with Crippen LogP contribution in [0.25, 0.3) is 0 Å². The molecule has 0 aromatic heterocycles. The van der Waals surface area contributed by atoms with Crippen LogP contribution in [0.4, 0.5) is 70.2 Å². The van der Waals surface area contributed by atoms with Crippen molar-refractivity contribution >= 4 is 0 Å². The van der Waals surface area contributed by atoms with Gasteiger partial charge < -0.3 is 10.2 Å². The van der Waals surface area contributed by atoms with Crippen LogP contribution in [0.2, 0.25) is 0 Å². The van der Waals surface area contributed by atoms with Gasteiger partial charge in [0.25, 0.3) is 0 Å². The number of alkyl halides is 16. The van der Waals surface area contributed by atoms with E-state index in [1.807, 2.05) is 0 Å². The Labute approximate surface area is 155 Å². The van der Waals surface area contributed by atoms with Crippen LogP contribution in [0.3, 0.4) is 0 Å². The standard InChI is InChI=1S/C12H10F16O2/c13-7(14,11(23,24)25)5(29,9(17,18)19)3-1-2-4-6(30,10(20,21)22)8(15,16)12(26,27)28/h29-30H,1-4H2. The highest BCUT2D eigenvalue weighted by molar-refractivity contribution is 5.05. The predicted molar refractivity (Wildman–Crippen MR) is 62.5 cm³/mol. The van der Waals surface area contributed by atoms with Gasteiger partial charge in [-0.05, 0) is 25.7 Å². The molecule has 0 aromatic carbocycles. The zero-order chi connectivity index (χ0) is 24.8. The lowest BCUT2D eigenvalue weighted by Gasteiger charge is -2.39. The molecule has 0 fully saturated rings. The van der Waals surface area contributed by atoms with Gasteiger partial charge in [0.05, 0.1) is 0 Å². The topological polar surface area (TPSA) is 40.5 Å². The maximum atomic E-state index is 13.1. The zero-order valence-electron chi connectivity index (χ0n) is 13.8. The van der Waals surface area contributed by atoms with Crippen molar-refractivity contribution in [2.75, 3.05) is 0 Å². The van der Waals surface area contributed by atoms with Crippen LogP contribution in [0, 0.1) is 0 Å². The number of hydrogen-bond donors (Lipinski definition) is 2. The molecule has 0 saturated carbocycles. The Morgan fingerprint density at radius 3 is 0.700 bits per heavy atom. The normalized spacial score (nSPS) is 19.4. The Kier molecular flexibility index (Phi) is 7.43. The van der Waals surface area contributed by atoms with E-state index in [9.17, 15) is 70.2 Å². The van der Waals surface area contributed by atoms with Crippen LogP contribution in [-0.2, 0) is 0 Å². The minimum atomic E-state index is -7.02. The molecule has 0 aromatic rings. The molecule has 0 heterocycles. The van der Waals surface area contributed by atoms with Crippen LogP contribution in [0.15, 0.2) is 0 Å². The van der Waals surface area contributed by atoms with Crippen molar-refractivity contribution < 1.29 is 80.5 Å². The predicted octanol–water partition coefficient (Wildman–Crippen LogP) is 5.53. The van der Waals surface area contributed by atoms with Crippen molar-refractivity contribution in [2.24, 2.45) is 0 Å². The van der Waals surface area contributed by atoms with Gasteiger partial charge in [0.1, 0.15) is 0 Å². The molecule has 0 amide bonds. The van der Waals surface area contributed by atoms with Gasteiger partial charge in [0.15, 0.2) is 0 Å². The van der Waals surface area contributed by atoms with E-state index in [2.05, 4.69) is 0 Å². The first-order valence-electron chi connectivity index (χ1n) is 7.18. The quantitative estimate of drug-likeness (QED) is 0.364. The highest BCUT2D eigenvalue weighted by Gasteiger charge is 2.80. The summed E-state index contributed by atoms with van der Waals surface area (Å²) in [5.41, 5.74) is -11.9. The van der Waals surface area contributed by atoms with Crippen molar-refractivity contribution in [3.8, 4) is 0 Å². The average Bonchev–Trinajstić information content (AvgIpc) is 2.45. The SMILES string of the molecule is OC(CCCCC(O)(C(F)(F)F)C(F)(F)C(F)(F)F)(C(F)(F)F)C(F)(F)C(F)(F)F. The van der Waals surface area contributed by atoms with Gasteiger partial charge in [0, 0.05) is 0 Å². The molecule has 2 nitrogen and oxygen atoms in total. The summed E-state index contributed by atoms with van der Waals surface area (Å²) in [6, 6.07) is 0. The molecule has 182 valence electrons. The fourth-order valence-corrected chi connectivity index (χ4v) is 2.18. The Balaban J connectivity index is 5.77. The molecule has 0 rings (SSSR count). The van der Waals surface area contributed by atoms with E-state index in [0.29, 0.717) is 0 Å². The second-order valence-electron chi connectivity index (χ2n) is 6.07. The monoisotopic (exact) mass is 490 g/mol. The second-order valence-corrected chi connectivity index (χ2v) is 6.07. The summed E-state index contributed by atoms with van der Waals surface area (Å²) < 4.78 is 201. The molecule has 0 bridgehead atoms. The first-order valence-corrected chi connectivity index (χ1v) is 7.18. The van der Waals surface area contributed by atoms with Gasteiger partial charge in [-0.2, -0.15) is 70.2 Å². The molecule has 0 radical (unpaired) electrons. The Morgan fingerprint density at radius 1 is 0.367 bits per heavy atom. The minimum Gasteiger partial charge on any atom is -0.376 e.